The first-order valence-electron chi connectivity index (χ1n) is 7.00. The fraction of sp³-hybridized carbons (Fsp3) is 0.600. The molecule has 0 spiro atoms. The van der Waals surface area contributed by atoms with Gasteiger partial charge in [-0.3, -0.25) is 0 Å². The van der Waals surface area contributed by atoms with Gasteiger partial charge in [0.1, 0.15) is 11.4 Å². The van der Waals surface area contributed by atoms with Gasteiger partial charge in [-0.05, 0) is 50.6 Å². The van der Waals surface area contributed by atoms with Crippen molar-refractivity contribution in [2.24, 2.45) is 0 Å². The number of rotatable bonds is 8. The lowest BCUT2D eigenvalue weighted by molar-refractivity contribution is 0.0837. The van der Waals surface area contributed by atoms with Gasteiger partial charge in [0, 0.05) is 12.8 Å². The van der Waals surface area contributed by atoms with E-state index < -0.39 is 9.84 Å². The van der Waals surface area contributed by atoms with Crippen LogP contribution in [-0.2, 0) is 9.84 Å². The van der Waals surface area contributed by atoms with Gasteiger partial charge in [0.25, 0.3) is 0 Å². The van der Waals surface area contributed by atoms with Crippen LogP contribution in [0.25, 0.3) is 0 Å². The van der Waals surface area contributed by atoms with Crippen molar-refractivity contribution in [3.05, 3.63) is 24.3 Å². The van der Waals surface area contributed by atoms with Crippen molar-refractivity contribution in [1.29, 1.82) is 0 Å². The number of sulfone groups is 1. The largest absolute Gasteiger partial charge is 0.486 e. The smallest absolute Gasteiger partial charge is 0.175 e. The lowest BCUT2D eigenvalue weighted by Crippen LogP contribution is -2.42. The van der Waals surface area contributed by atoms with E-state index >= 15 is 0 Å². The molecule has 0 amide bonds. The Morgan fingerprint density at radius 2 is 1.80 bits per heavy atom. The van der Waals surface area contributed by atoms with Gasteiger partial charge in [0.2, 0.25) is 0 Å². The zero-order chi connectivity index (χ0) is 15.2. The highest BCUT2D eigenvalue weighted by atomic mass is 32.2. The molecule has 1 aromatic rings. The van der Waals surface area contributed by atoms with Crippen LogP contribution in [0.2, 0.25) is 0 Å². The van der Waals surface area contributed by atoms with E-state index in [1.54, 1.807) is 24.3 Å². The van der Waals surface area contributed by atoms with E-state index in [1.165, 1.54) is 6.26 Å². The molecule has 1 unspecified atom stereocenters. The minimum absolute atomic E-state index is 0.290. The van der Waals surface area contributed by atoms with E-state index in [4.69, 9.17) is 4.74 Å². The molecule has 1 aromatic carbocycles. The molecule has 0 heterocycles. The fourth-order valence-corrected chi connectivity index (χ4v) is 2.43. The quantitative estimate of drug-likeness (QED) is 0.750. The maximum atomic E-state index is 11.4. The first-order valence-corrected chi connectivity index (χ1v) is 8.90. The average Bonchev–Trinajstić information content (AvgIpc) is 2.38. The predicted molar refractivity (Wildman–Crippen MR) is 82.0 cm³/mol. The second-order valence-corrected chi connectivity index (χ2v) is 7.34. The second kappa shape index (κ2) is 7.09. The summed E-state index contributed by atoms with van der Waals surface area (Å²) in [5.41, 5.74) is -0.290. The molecule has 1 atom stereocenters. The Morgan fingerprint density at radius 3 is 2.25 bits per heavy atom. The van der Waals surface area contributed by atoms with E-state index in [1.807, 2.05) is 0 Å². The van der Waals surface area contributed by atoms with Crippen molar-refractivity contribution < 1.29 is 13.2 Å². The minimum Gasteiger partial charge on any atom is -0.486 e. The van der Waals surface area contributed by atoms with Crippen LogP contribution in [0.1, 0.15) is 33.6 Å². The highest BCUT2D eigenvalue weighted by Gasteiger charge is 2.23. The van der Waals surface area contributed by atoms with Crippen LogP contribution in [0, 0.1) is 0 Å². The SMILES string of the molecule is CCCNCC(C)(CC)Oc1ccc(S(C)(=O)=O)cc1. The van der Waals surface area contributed by atoms with Crippen LogP contribution in [0.3, 0.4) is 0 Å². The summed E-state index contributed by atoms with van der Waals surface area (Å²) >= 11 is 0. The van der Waals surface area contributed by atoms with Crippen LogP contribution in [0.4, 0.5) is 0 Å². The molecule has 0 aliphatic rings. The van der Waals surface area contributed by atoms with Gasteiger partial charge in [0.05, 0.1) is 4.90 Å². The maximum absolute atomic E-state index is 11.4. The van der Waals surface area contributed by atoms with Crippen molar-refractivity contribution in [3.8, 4) is 5.75 Å². The molecule has 0 bridgehead atoms. The molecule has 1 rings (SSSR count). The predicted octanol–water partition coefficient (Wildman–Crippen LogP) is 2.64. The summed E-state index contributed by atoms with van der Waals surface area (Å²) in [5, 5.41) is 3.36. The van der Waals surface area contributed by atoms with Crippen molar-refractivity contribution in [2.45, 2.75) is 44.1 Å². The lowest BCUT2D eigenvalue weighted by atomic mass is 10.0. The lowest BCUT2D eigenvalue weighted by Gasteiger charge is -2.30. The summed E-state index contributed by atoms with van der Waals surface area (Å²) in [4.78, 5) is 0.312. The van der Waals surface area contributed by atoms with Gasteiger partial charge in [-0.15, -0.1) is 0 Å². The molecule has 0 aromatic heterocycles. The molecule has 114 valence electrons. The van der Waals surface area contributed by atoms with Gasteiger partial charge < -0.3 is 10.1 Å². The molecule has 1 N–H and O–H groups in total. The molecule has 4 nitrogen and oxygen atoms in total. The molecule has 20 heavy (non-hydrogen) atoms. The Balaban J connectivity index is 2.75. The maximum Gasteiger partial charge on any atom is 0.175 e. The average molecular weight is 299 g/mol. The summed E-state index contributed by atoms with van der Waals surface area (Å²) < 4.78 is 28.8. The van der Waals surface area contributed by atoms with E-state index in [-0.39, 0.29) is 5.60 Å². The van der Waals surface area contributed by atoms with Crippen molar-refractivity contribution in [1.82, 2.24) is 5.32 Å². The van der Waals surface area contributed by atoms with Gasteiger partial charge >= 0.3 is 0 Å². The first-order chi connectivity index (χ1) is 9.30. The van der Waals surface area contributed by atoms with E-state index in [0.29, 0.717) is 10.6 Å². The molecule has 0 aliphatic heterocycles. The Hall–Kier alpha value is -1.07. The Kier molecular flexibility index (Phi) is 6.02. The minimum atomic E-state index is -3.15. The van der Waals surface area contributed by atoms with E-state index in [0.717, 1.165) is 25.9 Å². The summed E-state index contributed by atoms with van der Waals surface area (Å²) in [7, 11) is -3.15. The van der Waals surface area contributed by atoms with Gasteiger partial charge in [0.15, 0.2) is 9.84 Å². The molecular weight excluding hydrogens is 274 g/mol. The van der Waals surface area contributed by atoms with Crippen LogP contribution in [0.5, 0.6) is 5.75 Å². The highest BCUT2D eigenvalue weighted by molar-refractivity contribution is 7.90. The van der Waals surface area contributed by atoms with Gasteiger partial charge in [-0.25, -0.2) is 8.42 Å². The number of hydrogen-bond donors (Lipinski definition) is 1. The Morgan fingerprint density at radius 1 is 1.20 bits per heavy atom. The van der Waals surface area contributed by atoms with Crippen molar-refractivity contribution in [2.75, 3.05) is 19.3 Å². The summed E-state index contributed by atoms with van der Waals surface area (Å²) in [6, 6.07) is 6.59. The number of hydrogen-bond acceptors (Lipinski definition) is 4. The van der Waals surface area contributed by atoms with Crippen molar-refractivity contribution in [3.63, 3.8) is 0 Å². The number of ether oxygens (including phenoxy) is 1. The number of benzene rings is 1. The topological polar surface area (TPSA) is 55.4 Å². The van der Waals surface area contributed by atoms with Crippen LogP contribution >= 0.6 is 0 Å². The van der Waals surface area contributed by atoms with Crippen LogP contribution in [-0.4, -0.2) is 33.4 Å². The van der Waals surface area contributed by atoms with Crippen LogP contribution < -0.4 is 10.1 Å². The second-order valence-electron chi connectivity index (χ2n) is 5.33. The third-order valence-electron chi connectivity index (χ3n) is 3.29. The molecule has 0 fully saturated rings. The normalized spacial score (nSPS) is 14.8. The van der Waals surface area contributed by atoms with Gasteiger partial charge in [-0.2, -0.15) is 0 Å². The first kappa shape index (κ1) is 17.0. The van der Waals surface area contributed by atoms with E-state index in [9.17, 15) is 8.42 Å². The highest BCUT2D eigenvalue weighted by Crippen LogP contribution is 2.22. The summed E-state index contributed by atoms with van der Waals surface area (Å²) in [6.45, 7) is 8.00. The molecular formula is C15H25NO3S. The van der Waals surface area contributed by atoms with Crippen molar-refractivity contribution >= 4 is 9.84 Å². The zero-order valence-corrected chi connectivity index (χ0v) is 13.6. The summed E-state index contributed by atoms with van der Waals surface area (Å²) in [5.74, 6) is 0.694. The Labute approximate surface area is 122 Å². The molecule has 0 saturated carbocycles. The third kappa shape index (κ3) is 5.13. The standard InChI is InChI=1S/C15H25NO3S/c1-5-11-16-12-15(3,6-2)19-13-7-9-14(10-8-13)20(4,17)18/h7-10,16H,5-6,11-12H2,1-4H3. The van der Waals surface area contributed by atoms with E-state index in [2.05, 4.69) is 26.1 Å². The molecule has 0 saturated heterocycles. The fourth-order valence-electron chi connectivity index (χ4n) is 1.80. The Bertz CT molecular complexity index is 510. The third-order valence-corrected chi connectivity index (χ3v) is 4.42. The molecule has 5 heteroatoms. The molecule has 0 radical (unpaired) electrons. The van der Waals surface area contributed by atoms with Crippen LogP contribution in [0.15, 0.2) is 29.2 Å². The summed E-state index contributed by atoms with van der Waals surface area (Å²) in [6.07, 6.45) is 3.16. The number of nitrogens with one attached hydrogen (secondary N) is 1. The molecule has 0 aliphatic carbocycles. The van der Waals surface area contributed by atoms with Gasteiger partial charge in [-0.1, -0.05) is 13.8 Å². The monoisotopic (exact) mass is 299 g/mol. The zero-order valence-electron chi connectivity index (χ0n) is 12.8.